The van der Waals surface area contributed by atoms with E-state index in [1.165, 1.54) is 30.4 Å². The zero-order chi connectivity index (χ0) is 14.7. The summed E-state index contributed by atoms with van der Waals surface area (Å²) in [6, 6.07) is 6.86. The molecule has 0 aromatic heterocycles. The fourth-order valence-electron chi connectivity index (χ4n) is 3.49. The van der Waals surface area contributed by atoms with Crippen molar-refractivity contribution in [1.29, 1.82) is 0 Å². The van der Waals surface area contributed by atoms with E-state index in [-0.39, 0.29) is 18.3 Å². The fourth-order valence-corrected chi connectivity index (χ4v) is 3.49. The minimum atomic E-state index is 0. The number of anilines is 1. The SMILES string of the molecule is CNC1CCCN(CC(=O)Nc2ccc3c(c2)CCC3)C1.Cl. The van der Waals surface area contributed by atoms with E-state index in [9.17, 15) is 4.79 Å². The van der Waals surface area contributed by atoms with Crippen molar-refractivity contribution in [2.45, 2.75) is 38.1 Å². The molecule has 1 amide bonds. The van der Waals surface area contributed by atoms with Gasteiger partial charge >= 0.3 is 0 Å². The predicted molar refractivity (Wildman–Crippen MR) is 92.9 cm³/mol. The van der Waals surface area contributed by atoms with Crippen molar-refractivity contribution in [1.82, 2.24) is 10.2 Å². The monoisotopic (exact) mass is 323 g/mol. The lowest BCUT2D eigenvalue weighted by atomic mass is 10.1. The highest BCUT2D eigenvalue weighted by Crippen LogP contribution is 2.24. The Hall–Kier alpha value is -1.10. The first-order valence-corrected chi connectivity index (χ1v) is 8.06. The number of hydrogen-bond donors (Lipinski definition) is 2. The molecule has 0 spiro atoms. The molecule has 0 radical (unpaired) electrons. The summed E-state index contributed by atoms with van der Waals surface area (Å²) in [6.07, 6.45) is 5.95. The number of halogens is 1. The average molecular weight is 324 g/mol. The summed E-state index contributed by atoms with van der Waals surface area (Å²) in [4.78, 5) is 14.4. The van der Waals surface area contributed by atoms with Crippen LogP contribution in [0, 0.1) is 0 Å². The molecule has 1 atom stereocenters. The Balaban J connectivity index is 0.00000176. The number of likely N-dealkylation sites (tertiary alicyclic amines) is 1. The maximum atomic E-state index is 12.2. The molecular weight excluding hydrogens is 298 g/mol. The summed E-state index contributed by atoms with van der Waals surface area (Å²) in [7, 11) is 2.00. The highest BCUT2D eigenvalue weighted by molar-refractivity contribution is 5.92. The third-order valence-electron chi connectivity index (χ3n) is 4.66. The third-order valence-corrected chi connectivity index (χ3v) is 4.66. The van der Waals surface area contributed by atoms with Crippen LogP contribution >= 0.6 is 12.4 Å². The standard InChI is InChI=1S/C17H25N3O.ClH/c1-18-16-6-3-9-20(11-16)12-17(21)19-15-8-7-13-4-2-5-14(13)10-15;/h7-8,10,16,18H,2-6,9,11-12H2,1H3,(H,19,21);1H. The smallest absolute Gasteiger partial charge is 0.238 e. The first kappa shape index (κ1) is 17.3. The average Bonchev–Trinajstić information content (AvgIpc) is 2.95. The van der Waals surface area contributed by atoms with Gasteiger partial charge in [0.15, 0.2) is 0 Å². The van der Waals surface area contributed by atoms with E-state index >= 15 is 0 Å². The molecule has 1 fully saturated rings. The number of piperidine rings is 1. The van der Waals surface area contributed by atoms with E-state index in [4.69, 9.17) is 0 Å². The number of hydrogen-bond acceptors (Lipinski definition) is 3. The van der Waals surface area contributed by atoms with Gasteiger partial charge in [0.1, 0.15) is 0 Å². The van der Waals surface area contributed by atoms with Crippen molar-refractivity contribution < 1.29 is 4.79 Å². The summed E-state index contributed by atoms with van der Waals surface area (Å²) in [5.41, 5.74) is 3.80. The van der Waals surface area contributed by atoms with Gasteiger partial charge in [0, 0.05) is 18.3 Å². The molecule has 1 aliphatic carbocycles. The number of benzene rings is 1. The lowest BCUT2D eigenvalue weighted by Gasteiger charge is -2.31. The normalized spacial score (nSPS) is 21.0. The summed E-state index contributed by atoms with van der Waals surface area (Å²) in [6.45, 7) is 2.49. The van der Waals surface area contributed by atoms with E-state index < -0.39 is 0 Å². The van der Waals surface area contributed by atoms with Gasteiger partial charge in [0.25, 0.3) is 0 Å². The topological polar surface area (TPSA) is 44.4 Å². The first-order valence-electron chi connectivity index (χ1n) is 8.06. The van der Waals surface area contributed by atoms with Crippen LogP contribution in [0.2, 0.25) is 0 Å². The van der Waals surface area contributed by atoms with Crippen LogP contribution in [0.25, 0.3) is 0 Å². The second-order valence-corrected chi connectivity index (χ2v) is 6.25. The van der Waals surface area contributed by atoms with Crippen molar-refractivity contribution in [3.63, 3.8) is 0 Å². The Bertz CT molecular complexity index is 521. The van der Waals surface area contributed by atoms with Gasteiger partial charge in [-0.05, 0) is 69.0 Å². The molecule has 3 rings (SSSR count). The zero-order valence-electron chi connectivity index (χ0n) is 13.2. The molecule has 1 heterocycles. The van der Waals surface area contributed by atoms with Gasteiger partial charge in [-0.15, -0.1) is 12.4 Å². The summed E-state index contributed by atoms with van der Waals surface area (Å²) in [5, 5.41) is 6.36. The van der Waals surface area contributed by atoms with Crippen LogP contribution in [-0.4, -0.2) is 43.5 Å². The van der Waals surface area contributed by atoms with Crippen LogP contribution in [-0.2, 0) is 17.6 Å². The van der Waals surface area contributed by atoms with Crippen molar-refractivity contribution >= 4 is 24.0 Å². The van der Waals surface area contributed by atoms with E-state index in [1.54, 1.807) is 0 Å². The van der Waals surface area contributed by atoms with E-state index in [1.807, 2.05) is 13.1 Å². The number of carbonyl (C=O) groups is 1. The first-order chi connectivity index (χ1) is 10.2. The summed E-state index contributed by atoms with van der Waals surface area (Å²) in [5.74, 6) is 0.102. The van der Waals surface area contributed by atoms with E-state index in [0.717, 1.165) is 31.6 Å². The maximum absolute atomic E-state index is 12.2. The number of carbonyl (C=O) groups excluding carboxylic acids is 1. The molecule has 22 heavy (non-hydrogen) atoms. The van der Waals surface area contributed by atoms with Crippen LogP contribution in [0.1, 0.15) is 30.4 Å². The molecular formula is C17H26ClN3O. The molecule has 0 bridgehead atoms. The molecule has 1 aromatic carbocycles. The number of nitrogens with one attached hydrogen (secondary N) is 2. The molecule has 2 N–H and O–H groups in total. The number of nitrogens with zero attached hydrogens (tertiary/aromatic N) is 1. The predicted octanol–water partition coefficient (Wildman–Crippen LogP) is 2.22. The number of rotatable bonds is 4. The maximum Gasteiger partial charge on any atom is 0.238 e. The highest BCUT2D eigenvalue weighted by atomic mass is 35.5. The van der Waals surface area contributed by atoms with E-state index in [2.05, 4.69) is 27.7 Å². The molecule has 1 aromatic rings. The number of amides is 1. The number of likely N-dealkylation sites (N-methyl/N-ethyl adjacent to an activating group) is 1. The minimum absolute atomic E-state index is 0. The Morgan fingerprint density at radius 1 is 1.27 bits per heavy atom. The van der Waals surface area contributed by atoms with Gasteiger partial charge in [-0.3, -0.25) is 9.69 Å². The summed E-state index contributed by atoms with van der Waals surface area (Å²) >= 11 is 0. The lowest BCUT2D eigenvalue weighted by molar-refractivity contribution is -0.117. The van der Waals surface area contributed by atoms with Crippen LogP contribution in [0.15, 0.2) is 18.2 Å². The number of aryl methyl sites for hydroxylation is 2. The van der Waals surface area contributed by atoms with Crippen LogP contribution in [0.5, 0.6) is 0 Å². The molecule has 2 aliphatic rings. The molecule has 4 nitrogen and oxygen atoms in total. The van der Waals surface area contributed by atoms with Crippen molar-refractivity contribution in [3.8, 4) is 0 Å². The van der Waals surface area contributed by atoms with Gasteiger partial charge < -0.3 is 10.6 Å². The Labute approximate surface area is 139 Å². The largest absolute Gasteiger partial charge is 0.325 e. The Kier molecular flexibility index (Phi) is 6.24. The van der Waals surface area contributed by atoms with Gasteiger partial charge in [-0.2, -0.15) is 0 Å². The van der Waals surface area contributed by atoms with Gasteiger partial charge in [0.2, 0.25) is 5.91 Å². The quantitative estimate of drug-likeness (QED) is 0.893. The summed E-state index contributed by atoms with van der Waals surface area (Å²) < 4.78 is 0. The van der Waals surface area contributed by atoms with Crippen LogP contribution < -0.4 is 10.6 Å². The fraction of sp³-hybridized carbons (Fsp3) is 0.588. The van der Waals surface area contributed by atoms with Gasteiger partial charge in [-0.1, -0.05) is 6.07 Å². The lowest BCUT2D eigenvalue weighted by Crippen LogP contribution is -2.46. The van der Waals surface area contributed by atoms with Crippen molar-refractivity contribution in [3.05, 3.63) is 29.3 Å². The van der Waals surface area contributed by atoms with Gasteiger partial charge in [-0.25, -0.2) is 0 Å². The minimum Gasteiger partial charge on any atom is -0.325 e. The third kappa shape index (κ3) is 4.22. The Morgan fingerprint density at radius 3 is 2.91 bits per heavy atom. The molecule has 1 saturated heterocycles. The van der Waals surface area contributed by atoms with Crippen molar-refractivity contribution in [2.24, 2.45) is 0 Å². The molecule has 0 saturated carbocycles. The van der Waals surface area contributed by atoms with Crippen LogP contribution in [0.4, 0.5) is 5.69 Å². The number of fused-ring (bicyclic) bond motifs is 1. The highest BCUT2D eigenvalue weighted by Gasteiger charge is 2.20. The second-order valence-electron chi connectivity index (χ2n) is 6.25. The molecule has 1 unspecified atom stereocenters. The molecule has 122 valence electrons. The second kappa shape index (κ2) is 7.95. The van der Waals surface area contributed by atoms with E-state index in [0.29, 0.717) is 12.6 Å². The Morgan fingerprint density at radius 2 is 2.09 bits per heavy atom. The molecule has 1 aliphatic heterocycles. The van der Waals surface area contributed by atoms with Crippen molar-refractivity contribution in [2.75, 3.05) is 32.0 Å². The van der Waals surface area contributed by atoms with Crippen LogP contribution in [0.3, 0.4) is 0 Å². The zero-order valence-corrected chi connectivity index (χ0v) is 14.0. The van der Waals surface area contributed by atoms with Gasteiger partial charge in [0.05, 0.1) is 6.54 Å². The molecule has 5 heteroatoms.